The van der Waals surface area contributed by atoms with Gasteiger partial charge in [-0.2, -0.15) is 0 Å². The Bertz CT molecular complexity index is 357. The highest BCUT2D eigenvalue weighted by molar-refractivity contribution is 5.96. The van der Waals surface area contributed by atoms with Gasteiger partial charge in [0.25, 0.3) is 0 Å². The van der Waals surface area contributed by atoms with Gasteiger partial charge >= 0.3 is 0 Å². The molecule has 16 heavy (non-hydrogen) atoms. The largest absolute Gasteiger partial charge is 0.384 e. The molecule has 0 amide bonds. The highest BCUT2D eigenvalue weighted by Crippen LogP contribution is 2.16. The first kappa shape index (κ1) is 12.8. The third kappa shape index (κ3) is 3.10. The summed E-state index contributed by atoms with van der Waals surface area (Å²) in [5.41, 5.74) is -0.453. The molecule has 0 aliphatic carbocycles. The van der Waals surface area contributed by atoms with Crippen LogP contribution in [0, 0.1) is 17.6 Å². The highest BCUT2D eigenvalue weighted by Gasteiger charge is 2.18. The van der Waals surface area contributed by atoms with Crippen molar-refractivity contribution in [2.24, 2.45) is 5.92 Å². The number of benzene rings is 1. The number of ether oxygens (including phenoxy) is 1. The molecule has 1 rings (SSSR count). The average molecular weight is 228 g/mol. The molecule has 0 aromatic heterocycles. The predicted molar refractivity (Wildman–Crippen MR) is 56.3 cm³/mol. The molecule has 1 unspecified atom stereocenters. The summed E-state index contributed by atoms with van der Waals surface area (Å²) in [5, 5.41) is 0. The van der Waals surface area contributed by atoms with E-state index < -0.39 is 23.0 Å². The van der Waals surface area contributed by atoms with Crippen LogP contribution in [-0.2, 0) is 4.74 Å². The van der Waals surface area contributed by atoms with Crippen molar-refractivity contribution >= 4 is 5.78 Å². The predicted octanol–water partition coefficient (Wildman–Crippen LogP) is 2.82. The molecule has 0 heterocycles. The van der Waals surface area contributed by atoms with Crippen LogP contribution in [0.2, 0.25) is 0 Å². The maximum atomic E-state index is 13.2. The van der Waals surface area contributed by atoms with Gasteiger partial charge in [0.05, 0.1) is 5.56 Å². The Balaban J connectivity index is 2.80. The SMILES string of the molecule is COCC(C)CC(=O)c1c(F)cccc1F. The fraction of sp³-hybridized carbons (Fsp3) is 0.417. The van der Waals surface area contributed by atoms with Gasteiger partial charge < -0.3 is 4.74 Å². The van der Waals surface area contributed by atoms with Crippen molar-refractivity contribution in [2.75, 3.05) is 13.7 Å². The van der Waals surface area contributed by atoms with Crippen LogP contribution in [-0.4, -0.2) is 19.5 Å². The second-order valence-corrected chi connectivity index (χ2v) is 3.78. The van der Waals surface area contributed by atoms with Gasteiger partial charge in [-0.05, 0) is 18.1 Å². The van der Waals surface area contributed by atoms with Crippen molar-refractivity contribution in [3.05, 3.63) is 35.4 Å². The maximum Gasteiger partial charge on any atom is 0.169 e. The number of Topliss-reactive ketones (excluding diaryl/α,β-unsaturated/α-hetero) is 1. The summed E-state index contributed by atoms with van der Waals surface area (Å²) in [6, 6.07) is 3.40. The van der Waals surface area contributed by atoms with Crippen molar-refractivity contribution in [1.29, 1.82) is 0 Å². The van der Waals surface area contributed by atoms with E-state index in [-0.39, 0.29) is 12.3 Å². The molecule has 0 spiro atoms. The summed E-state index contributed by atoms with van der Waals surface area (Å²) in [6.07, 6.45) is 0.0751. The van der Waals surface area contributed by atoms with E-state index in [1.54, 1.807) is 6.92 Å². The van der Waals surface area contributed by atoms with Crippen molar-refractivity contribution < 1.29 is 18.3 Å². The fourth-order valence-electron chi connectivity index (χ4n) is 1.53. The minimum absolute atomic E-state index is 0.0588. The van der Waals surface area contributed by atoms with E-state index in [1.807, 2.05) is 0 Å². The smallest absolute Gasteiger partial charge is 0.169 e. The molecule has 0 fully saturated rings. The van der Waals surface area contributed by atoms with Gasteiger partial charge in [0.2, 0.25) is 0 Å². The van der Waals surface area contributed by atoms with E-state index in [0.717, 1.165) is 12.1 Å². The Morgan fingerprint density at radius 2 is 1.94 bits per heavy atom. The summed E-state index contributed by atoms with van der Waals surface area (Å²) < 4.78 is 31.4. The first-order chi connectivity index (χ1) is 7.56. The van der Waals surface area contributed by atoms with Crippen LogP contribution in [0.15, 0.2) is 18.2 Å². The number of ketones is 1. The number of carbonyl (C=O) groups excluding carboxylic acids is 1. The van der Waals surface area contributed by atoms with E-state index in [9.17, 15) is 13.6 Å². The van der Waals surface area contributed by atoms with Crippen LogP contribution in [0.3, 0.4) is 0 Å². The Hall–Kier alpha value is -1.29. The van der Waals surface area contributed by atoms with Gasteiger partial charge in [0.1, 0.15) is 11.6 Å². The lowest BCUT2D eigenvalue weighted by Gasteiger charge is -2.09. The molecule has 4 heteroatoms. The number of hydrogen-bond donors (Lipinski definition) is 0. The molecule has 0 saturated heterocycles. The molecule has 88 valence electrons. The molecule has 2 nitrogen and oxygen atoms in total. The van der Waals surface area contributed by atoms with Crippen LogP contribution in [0.1, 0.15) is 23.7 Å². The fourth-order valence-corrected chi connectivity index (χ4v) is 1.53. The van der Waals surface area contributed by atoms with E-state index in [2.05, 4.69) is 0 Å². The Kier molecular flexibility index (Phi) is 4.55. The third-order valence-electron chi connectivity index (χ3n) is 2.23. The van der Waals surface area contributed by atoms with E-state index in [1.165, 1.54) is 13.2 Å². The number of carbonyl (C=O) groups is 1. The lowest BCUT2D eigenvalue weighted by Crippen LogP contribution is -2.13. The standard InChI is InChI=1S/C12H14F2O2/c1-8(7-16-2)6-11(15)12-9(13)4-3-5-10(12)14/h3-5,8H,6-7H2,1-2H3. The molecule has 0 saturated carbocycles. The lowest BCUT2D eigenvalue weighted by molar-refractivity contribution is 0.0912. The monoisotopic (exact) mass is 228 g/mol. The van der Waals surface area contributed by atoms with E-state index in [4.69, 9.17) is 4.74 Å². The zero-order valence-corrected chi connectivity index (χ0v) is 9.30. The normalized spacial score (nSPS) is 12.5. The van der Waals surface area contributed by atoms with Crippen LogP contribution < -0.4 is 0 Å². The summed E-state index contributed by atoms with van der Waals surface area (Å²) in [6.45, 7) is 2.18. The van der Waals surface area contributed by atoms with Crippen molar-refractivity contribution in [2.45, 2.75) is 13.3 Å². The molecule has 0 radical (unpaired) electrons. The van der Waals surface area contributed by atoms with Crippen molar-refractivity contribution in [3.63, 3.8) is 0 Å². The summed E-state index contributed by atoms with van der Waals surface area (Å²) in [7, 11) is 1.52. The Morgan fingerprint density at radius 1 is 1.38 bits per heavy atom. The van der Waals surface area contributed by atoms with Gasteiger partial charge in [-0.25, -0.2) is 8.78 Å². The van der Waals surface area contributed by atoms with Gasteiger partial charge in [0, 0.05) is 20.1 Å². The lowest BCUT2D eigenvalue weighted by atomic mass is 9.99. The van der Waals surface area contributed by atoms with Crippen LogP contribution >= 0.6 is 0 Å². The van der Waals surface area contributed by atoms with E-state index in [0.29, 0.717) is 6.61 Å². The summed E-state index contributed by atoms with van der Waals surface area (Å²) >= 11 is 0. The summed E-state index contributed by atoms with van der Waals surface area (Å²) in [4.78, 5) is 11.6. The number of rotatable bonds is 5. The first-order valence-electron chi connectivity index (χ1n) is 5.02. The number of hydrogen-bond acceptors (Lipinski definition) is 2. The van der Waals surface area contributed by atoms with E-state index >= 15 is 0 Å². The van der Waals surface area contributed by atoms with Gasteiger partial charge in [0.15, 0.2) is 5.78 Å². The molecular weight excluding hydrogens is 214 g/mol. The second-order valence-electron chi connectivity index (χ2n) is 3.78. The quantitative estimate of drug-likeness (QED) is 0.724. The molecule has 1 atom stereocenters. The topological polar surface area (TPSA) is 26.3 Å². The molecule has 0 aliphatic heterocycles. The third-order valence-corrected chi connectivity index (χ3v) is 2.23. The van der Waals surface area contributed by atoms with Crippen LogP contribution in [0.25, 0.3) is 0 Å². The van der Waals surface area contributed by atoms with Crippen LogP contribution in [0.5, 0.6) is 0 Å². The first-order valence-corrected chi connectivity index (χ1v) is 5.02. The molecule has 0 bridgehead atoms. The molecule has 0 aliphatic rings. The Morgan fingerprint density at radius 3 is 2.44 bits per heavy atom. The molecular formula is C12H14F2O2. The molecule has 1 aromatic carbocycles. The molecule has 1 aromatic rings. The minimum atomic E-state index is -0.811. The van der Waals surface area contributed by atoms with Gasteiger partial charge in [-0.15, -0.1) is 0 Å². The Labute approximate surface area is 93.2 Å². The number of halogens is 2. The maximum absolute atomic E-state index is 13.2. The van der Waals surface area contributed by atoms with Gasteiger partial charge in [-0.1, -0.05) is 13.0 Å². The van der Waals surface area contributed by atoms with Crippen LogP contribution in [0.4, 0.5) is 8.78 Å². The minimum Gasteiger partial charge on any atom is -0.384 e. The average Bonchev–Trinajstić information content (AvgIpc) is 2.17. The molecule has 0 N–H and O–H groups in total. The number of methoxy groups -OCH3 is 1. The highest BCUT2D eigenvalue weighted by atomic mass is 19.1. The van der Waals surface area contributed by atoms with Gasteiger partial charge in [-0.3, -0.25) is 4.79 Å². The van der Waals surface area contributed by atoms with Crippen molar-refractivity contribution in [3.8, 4) is 0 Å². The zero-order valence-electron chi connectivity index (χ0n) is 9.30. The second kappa shape index (κ2) is 5.70. The van der Waals surface area contributed by atoms with Crippen molar-refractivity contribution in [1.82, 2.24) is 0 Å². The zero-order chi connectivity index (χ0) is 12.1. The summed E-state index contributed by atoms with van der Waals surface area (Å²) in [5.74, 6) is -2.21.